The molecule has 0 aromatic rings. The van der Waals surface area contributed by atoms with Gasteiger partial charge in [0, 0.05) is 0 Å². The van der Waals surface area contributed by atoms with Gasteiger partial charge >= 0.3 is 0 Å². The van der Waals surface area contributed by atoms with Crippen LogP contribution in [0, 0.1) is 5.92 Å². The Morgan fingerprint density at radius 2 is 1.75 bits per heavy atom. The number of rotatable bonds is 4. The van der Waals surface area contributed by atoms with E-state index in [2.05, 4.69) is 0 Å². The molecule has 0 aliphatic rings. The van der Waals surface area contributed by atoms with Gasteiger partial charge in [0.15, 0.2) is 11.1 Å². The lowest BCUT2D eigenvalue weighted by atomic mass is 9.95. The molecule has 4 heteroatoms. The highest BCUT2D eigenvalue weighted by molar-refractivity contribution is 7.80. The molecular formula is C8H19NO2S. The molecule has 2 atom stereocenters. The summed E-state index contributed by atoms with van der Waals surface area (Å²) in [5.74, 6) is 0.320. The van der Waals surface area contributed by atoms with Crippen LogP contribution < -0.4 is 5.73 Å². The Kier molecular flexibility index (Phi) is 4.37. The predicted octanol–water partition coefficient (Wildman–Crippen LogP) is 1.41. The SMILES string of the molecule is CC(N)S(=O)OC(C)(C)C(C)C. The third kappa shape index (κ3) is 3.65. The summed E-state index contributed by atoms with van der Waals surface area (Å²) in [5, 5.41) is -0.428. The molecule has 0 heterocycles. The van der Waals surface area contributed by atoms with Gasteiger partial charge in [0.25, 0.3) is 0 Å². The summed E-state index contributed by atoms with van der Waals surface area (Å²) in [4.78, 5) is 0. The van der Waals surface area contributed by atoms with Gasteiger partial charge in [-0.3, -0.25) is 4.18 Å². The molecule has 0 bridgehead atoms. The minimum atomic E-state index is -1.38. The fourth-order valence-corrected chi connectivity index (χ4v) is 1.15. The maximum Gasteiger partial charge on any atom is 0.173 e. The second kappa shape index (κ2) is 4.35. The smallest absolute Gasteiger partial charge is 0.173 e. The number of nitrogens with two attached hydrogens (primary N) is 1. The average molecular weight is 193 g/mol. The number of hydrogen-bond acceptors (Lipinski definition) is 3. The quantitative estimate of drug-likeness (QED) is 0.734. The summed E-state index contributed by atoms with van der Waals surface area (Å²) in [6, 6.07) is 0. The molecule has 0 saturated carbocycles. The van der Waals surface area contributed by atoms with Gasteiger partial charge in [0.05, 0.1) is 5.60 Å². The van der Waals surface area contributed by atoms with Gasteiger partial charge in [-0.05, 0) is 26.7 Å². The van der Waals surface area contributed by atoms with Crippen molar-refractivity contribution in [3.63, 3.8) is 0 Å². The van der Waals surface area contributed by atoms with Gasteiger partial charge in [-0.1, -0.05) is 13.8 Å². The topological polar surface area (TPSA) is 52.3 Å². The second-order valence-electron chi connectivity index (χ2n) is 3.81. The van der Waals surface area contributed by atoms with Crippen molar-refractivity contribution < 1.29 is 8.39 Å². The summed E-state index contributed by atoms with van der Waals surface area (Å²) in [7, 11) is 0. The van der Waals surface area contributed by atoms with E-state index in [1.165, 1.54) is 0 Å². The van der Waals surface area contributed by atoms with Crippen molar-refractivity contribution in [2.75, 3.05) is 0 Å². The van der Waals surface area contributed by atoms with Crippen LogP contribution in [0.1, 0.15) is 34.6 Å². The minimum absolute atomic E-state index is 0.320. The van der Waals surface area contributed by atoms with Crippen molar-refractivity contribution in [2.24, 2.45) is 11.7 Å². The zero-order valence-corrected chi connectivity index (χ0v) is 9.27. The van der Waals surface area contributed by atoms with Crippen LogP contribution in [0.2, 0.25) is 0 Å². The third-order valence-corrected chi connectivity index (χ3v) is 3.19. The Hall–Kier alpha value is 0.0700. The maximum atomic E-state index is 11.2. The molecule has 2 N–H and O–H groups in total. The predicted molar refractivity (Wildman–Crippen MR) is 51.8 cm³/mol. The molecule has 0 spiro atoms. The zero-order chi connectivity index (χ0) is 9.94. The first-order valence-corrected chi connectivity index (χ1v) is 5.27. The lowest BCUT2D eigenvalue weighted by Gasteiger charge is -2.28. The Labute approximate surface area is 77.3 Å². The Morgan fingerprint density at radius 3 is 2.00 bits per heavy atom. The highest BCUT2D eigenvalue weighted by Crippen LogP contribution is 2.21. The first kappa shape index (κ1) is 12.1. The Bertz CT molecular complexity index is 166. The van der Waals surface area contributed by atoms with Gasteiger partial charge in [-0.15, -0.1) is 0 Å². The van der Waals surface area contributed by atoms with Crippen LogP contribution in [-0.2, 0) is 15.3 Å². The molecule has 0 aliphatic heterocycles. The average Bonchev–Trinajstić information content (AvgIpc) is 1.85. The van der Waals surface area contributed by atoms with E-state index in [0.29, 0.717) is 5.92 Å². The molecule has 0 aromatic heterocycles. The Morgan fingerprint density at radius 1 is 1.33 bits per heavy atom. The summed E-state index contributed by atoms with van der Waals surface area (Å²) in [6.07, 6.45) is 0. The van der Waals surface area contributed by atoms with E-state index < -0.39 is 16.5 Å². The largest absolute Gasteiger partial charge is 0.316 e. The summed E-state index contributed by atoms with van der Waals surface area (Å²) < 4.78 is 16.5. The van der Waals surface area contributed by atoms with Crippen LogP contribution in [0.4, 0.5) is 0 Å². The maximum absolute atomic E-state index is 11.2. The second-order valence-corrected chi connectivity index (χ2v) is 5.24. The van der Waals surface area contributed by atoms with Crippen molar-refractivity contribution in [3.8, 4) is 0 Å². The molecule has 74 valence electrons. The van der Waals surface area contributed by atoms with Crippen LogP contribution >= 0.6 is 0 Å². The molecule has 0 aliphatic carbocycles. The lowest BCUT2D eigenvalue weighted by molar-refractivity contribution is 0.0750. The first-order chi connectivity index (χ1) is 5.27. The third-order valence-electron chi connectivity index (χ3n) is 1.99. The Balaban J connectivity index is 4.15. The first-order valence-electron chi connectivity index (χ1n) is 4.13. The number of hydrogen-bond donors (Lipinski definition) is 1. The van der Waals surface area contributed by atoms with E-state index in [1.807, 2.05) is 27.7 Å². The van der Waals surface area contributed by atoms with Gasteiger partial charge in [0.1, 0.15) is 5.37 Å². The van der Waals surface area contributed by atoms with Crippen LogP contribution in [0.5, 0.6) is 0 Å². The summed E-state index contributed by atoms with van der Waals surface area (Å²) in [5.41, 5.74) is 5.04. The van der Waals surface area contributed by atoms with Crippen LogP contribution in [0.15, 0.2) is 0 Å². The molecule has 2 unspecified atom stereocenters. The minimum Gasteiger partial charge on any atom is -0.316 e. The molecule has 0 aromatic carbocycles. The van der Waals surface area contributed by atoms with E-state index in [1.54, 1.807) is 6.92 Å². The monoisotopic (exact) mass is 193 g/mol. The van der Waals surface area contributed by atoms with E-state index in [-0.39, 0.29) is 5.60 Å². The van der Waals surface area contributed by atoms with Gasteiger partial charge in [-0.2, -0.15) is 0 Å². The van der Waals surface area contributed by atoms with Crippen LogP contribution in [0.25, 0.3) is 0 Å². The zero-order valence-electron chi connectivity index (χ0n) is 8.46. The fourth-order valence-electron chi connectivity index (χ4n) is 0.384. The van der Waals surface area contributed by atoms with Crippen molar-refractivity contribution in [3.05, 3.63) is 0 Å². The van der Waals surface area contributed by atoms with Crippen molar-refractivity contribution in [1.29, 1.82) is 0 Å². The molecule has 0 rings (SSSR count). The molecule has 0 radical (unpaired) electrons. The van der Waals surface area contributed by atoms with Crippen LogP contribution in [0.3, 0.4) is 0 Å². The van der Waals surface area contributed by atoms with E-state index in [0.717, 1.165) is 0 Å². The molecule has 3 nitrogen and oxygen atoms in total. The highest BCUT2D eigenvalue weighted by atomic mass is 32.2. The summed E-state index contributed by atoms with van der Waals surface area (Å²) in [6.45, 7) is 9.55. The van der Waals surface area contributed by atoms with E-state index in [9.17, 15) is 4.21 Å². The molecule has 12 heavy (non-hydrogen) atoms. The normalized spacial score (nSPS) is 17.9. The molecular weight excluding hydrogens is 174 g/mol. The van der Waals surface area contributed by atoms with E-state index >= 15 is 0 Å². The van der Waals surface area contributed by atoms with Crippen molar-refractivity contribution in [2.45, 2.75) is 45.6 Å². The van der Waals surface area contributed by atoms with Crippen molar-refractivity contribution in [1.82, 2.24) is 0 Å². The van der Waals surface area contributed by atoms with Crippen molar-refractivity contribution >= 4 is 11.1 Å². The van der Waals surface area contributed by atoms with Gasteiger partial charge in [0.2, 0.25) is 0 Å². The highest BCUT2D eigenvalue weighted by Gasteiger charge is 2.27. The van der Waals surface area contributed by atoms with Gasteiger partial charge < -0.3 is 5.73 Å². The molecule has 0 fully saturated rings. The standard InChI is InChI=1S/C8H19NO2S/c1-6(2)8(4,5)11-12(10)7(3)9/h6-7H,9H2,1-5H3. The van der Waals surface area contributed by atoms with E-state index in [4.69, 9.17) is 9.92 Å². The van der Waals surface area contributed by atoms with Gasteiger partial charge in [-0.25, -0.2) is 4.21 Å². The lowest BCUT2D eigenvalue weighted by Crippen LogP contribution is -2.36. The summed E-state index contributed by atoms with van der Waals surface area (Å²) >= 11 is -1.38. The molecule has 0 saturated heterocycles. The molecule has 0 amide bonds. The fraction of sp³-hybridized carbons (Fsp3) is 1.00. The van der Waals surface area contributed by atoms with Crippen LogP contribution in [-0.4, -0.2) is 15.2 Å².